The Labute approximate surface area is 139 Å². The lowest BCUT2D eigenvalue weighted by atomic mass is 10.1. The van der Waals surface area contributed by atoms with Crippen molar-refractivity contribution < 1.29 is 14.3 Å². The molecule has 0 fully saturated rings. The number of esters is 1. The number of ether oxygens (including phenoxy) is 1. The largest absolute Gasteiger partial charge is 0.461 e. The smallest absolute Gasteiger partial charge is 0.330 e. The van der Waals surface area contributed by atoms with E-state index in [9.17, 15) is 9.59 Å². The van der Waals surface area contributed by atoms with Crippen LogP contribution in [0.2, 0.25) is 0 Å². The van der Waals surface area contributed by atoms with E-state index in [1.54, 1.807) is 42.5 Å². The van der Waals surface area contributed by atoms with Gasteiger partial charge in [-0.3, -0.25) is 9.78 Å². The molecule has 0 radical (unpaired) electrons. The second kappa shape index (κ2) is 8.86. The molecular formula is C18H15N3O3. The molecule has 24 heavy (non-hydrogen) atoms. The highest BCUT2D eigenvalue weighted by molar-refractivity contribution is 5.94. The predicted molar refractivity (Wildman–Crippen MR) is 87.7 cm³/mol. The number of carbonyl (C=O) groups excluding carboxylic acids is 2. The van der Waals surface area contributed by atoms with Crippen molar-refractivity contribution in [1.82, 2.24) is 10.3 Å². The van der Waals surface area contributed by atoms with Gasteiger partial charge in [-0.1, -0.05) is 12.1 Å². The fourth-order valence-electron chi connectivity index (χ4n) is 1.85. The summed E-state index contributed by atoms with van der Waals surface area (Å²) >= 11 is 0. The SMILES string of the molecule is N#Cc1cccc(/C=C/C(=O)OCCNC(=O)c2ccncc2)c1. The molecule has 120 valence electrons. The lowest BCUT2D eigenvalue weighted by molar-refractivity contribution is -0.137. The molecule has 1 aromatic carbocycles. The van der Waals surface area contributed by atoms with Gasteiger partial charge in [0.15, 0.2) is 0 Å². The molecule has 0 spiro atoms. The van der Waals surface area contributed by atoms with Crippen LogP contribution in [0.3, 0.4) is 0 Å². The van der Waals surface area contributed by atoms with Crippen molar-refractivity contribution in [2.24, 2.45) is 0 Å². The quantitative estimate of drug-likeness (QED) is 0.499. The molecule has 1 heterocycles. The standard InChI is InChI=1S/C18H15N3O3/c19-13-15-3-1-2-14(12-15)4-5-17(22)24-11-10-21-18(23)16-6-8-20-9-7-16/h1-9,12H,10-11H2,(H,21,23)/b5-4+. The topological polar surface area (TPSA) is 92.1 Å². The summed E-state index contributed by atoms with van der Waals surface area (Å²) in [5.41, 5.74) is 1.75. The first-order valence-electron chi connectivity index (χ1n) is 7.22. The average Bonchev–Trinajstić information content (AvgIpc) is 2.64. The van der Waals surface area contributed by atoms with Crippen LogP contribution in [0.5, 0.6) is 0 Å². The van der Waals surface area contributed by atoms with E-state index in [0.29, 0.717) is 11.1 Å². The molecule has 0 bridgehead atoms. The van der Waals surface area contributed by atoms with E-state index in [2.05, 4.69) is 10.3 Å². The van der Waals surface area contributed by atoms with Gasteiger partial charge in [-0.25, -0.2) is 4.79 Å². The molecule has 0 saturated carbocycles. The van der Waals surface area contributed by atoms with Crippen LogP contribution in [0.4, 0.5) is 0 Å². The van der Waals surface area contributed by atoms with E-state index in [1.807, 2.05) is 6.07 Å². The van der Waals surface area contributed by atoms with Crippen molar-refractivity contribution >= 4 is 18.0 Å². The number of nitrogens with one attached hydrogen (secondary N) is 1. The van der Waals surface area contributed by atoms with Gasteiger partial charge < -0.3 is 10.1 Å². The van der Waals surface area contributed by atoms with Gasteiger partial charge in [-0.15, -0.1) is 0 Å². The third-order valence-electron chi connectivity index (χ3n) is 3.00. The van der Waals surface area contributed by atoms with E-state index in [0.717, 1.165) is 5.56 Å². The first-order chi connectivity index (χ1) is 11.7. The minimum atomic E-state index is -0.518. The molecule has 0 saturated heterocycles. The molecule has 1 N–H and O–H groups in total. The van der Waals surface area contributed by atoms with Gasteiger partial charge in [0.2, 0.25) is 0 Å². The van der Waals surface area contributed by atoms with E-state index < -0.39 is 5.97 Å². The maximum atomic E-state index is 11.7. The van der Waals surface area contributed by atoms with Crippen LogP contribution >= 0.6 is 0 Å². The summed E-state index contributed by atoms with van der Waals surface area (Å²) < 4.78 is 4.99. The molecule has 6 heteroatoms. The lowest BCUT2D eigenvalue weighted by Gasteiger charge is -2.05. The minimum Gasteiger partial charge on any atom is -0.461 e. The van der Waals surface area contributed by atoms with Gasteiger partial charge in [0, 0.05) is 24.0 Å². The van der Waals surface area contributed by atoms with Gasteiger partial charge in [-0.2, -0.15) is 5.26 Å². The maximum absolute atomic E-state index is 11.7. The number of benzene rings is 1. The molecule has 6 nitrogen and oxygen atoms in total. The average molecular weight is 321 g/mol. The summed E-state index contributed by atoms with van der Waals surface area (Å²) in [7, 11) is 0. The van der Waals surface area contributed by atoms with E-state index in [4.69, 9.17) is 10.00 Å². The Bertz CT molecular complexity index is 780. The normalized spacial score (nSPS) is 10.1. The van der Waals surface area contributed by atoms with Crippen LogP contribution in [-0.4, -0.2) is 30.0 Å². The van der Waals surface area contributed by atoms with Gasteiger partial charge in [-0.05, 0) is 35.9 Å². The zero-order chi connectivity index (χ0) is 17.2. The number of nitrogens with zero attached hydrogens (tertiary/aromatic N) is 2. The molecule has 2 rings (SSSR count). The van der Waals surface area contributed by atoms with Gasteiger partial charge >= 0.3 is 5.97 Å². The first-order valence-corrected chi connectivity index (χ1v) is 7.22. The number of hydrogen-bond acceptors (Lipinski definition) is 5. The van der Waals surface area contributed by atoms with Crippen molar-refractivity contribution in [3.63, 3.8) is 0 Å². The fourth-order valence-corrected chi connectivity index (χ4v) is 1.85. The van der Waals surface area contributed by atoms with Gasteiger partial charge in [0.25, 0.3) is 5.91 Å². The van der Waals surface area contributed by atoms with E-state index >= 15 is 0 Å². The van der Waals surface area contributed by atoms with Crippen molar-refractivity contribution in [2.45, 2.75) is 0 Å². The maximum Gasteiger partial charge on any atom is 0.330 e. The number of rotatable bonds is 6. The summed E-state index contributed by atoms with van der Waals surface area (Å²) in [6.45, 7) is 0.281. The zero-order valence-corrected chi connectivity index (χ0v) is 12.8. The van der Waals surface area contributed by atoms with Crippen LogP contribution < -0.4 is 5.32 Å². The van der Waals surface area contributed by atoms with Crippen LogP contribution in [-0.2, 0) is 9.53 Å². The Balaban J connectivity index is 1.72. The molecule has 2 aromatic rings. The zero-order valence-electron chi connectivity index (χ0n) is 12.8. The Morgan fingerprint density at radius 1 is 1.25 bits per heavy atom. The molecule has 0 unspecified atom stereocenters. The molecule has 0 atom stereocenters. The van der Waals surface area contributed by atoms with E-state index in [1.165, 1.54) is 18.5 Å². The number of hydrogen-bond donors (Lipinski definition) is 1. The molecule has 0 aliphatic carbocycles. The molecule has 1 aromatic heterocycles. The van der Waals surface area contributed by atoms with Crippen molar-refractivity contribution in [1.29, 1.82) is 5.26 Å². The van der Waals surface area contributed by atoms with Crippen LogP contribution in [0.15, 0.2) is 54.9 Å². The molecule has 0 aliphatic rings. The minimum absolute atomic E-state index is 0.0677. The number of nitriles is 1. The van der Waals surface area contributed by atoms with Crippen molar-refractivity contribution in [3.8, 4) is 6.07 Å². The number of carbonyl (C=O) groups is 2. The predicted octanol–water partition coefficient (Wildman–Crippen LogP) is 1.94. The summed E-state index contributed by atoms with van der Waals surface area (Å²) in [6.07, 6.45) is 5.90. The highest BCUT2D eigenvalue weighted by Gasteiger charge is 2.04. The van der Waals surface area contributed by atoms with Gasteiger partial charge in [0.1, 0.15) is 6.61 Å². The first kappa shape index (κ1) is 16.9. The number of aromatic nitrogens is 1. The van der Waals surface area contributed by atoms with Gasteiger partial charge in [0.05, 0.1) is 18.2 Å². The third-order valence-corrected chi connectivity index (χ3v) is 3.00. The van der Waals surface area contributed by atoms with Crippen molar-refractivity contribution in [2.75, 3.05) is 13.2 Å². The Morgan fingerprint density at radius 2 is 2.04 bits per heavy atom. The summed E-state index contributed by atoms with van der Waals surface area (Å²) in [5, 5.41) is 11.4. The summed E-state index contributed by atoms with van der Waals surface area (Å²) in [5.74, 6) is -0.771. The molecular weight excluding hydrogens is 306 g/mol. The fraction of sp³-hybridized carbons (Fsp3) is 0.111. The van der Waals surface area contributed by atoms with Crippen LogP contribution in [0.25, 0.3) is 6.08 Å². The Morgan fingerprint density at radius 3 is 2.79 bits per heavy atom. The van der Waals surface area contributed by atoms with Crippen molar-refractivity contribution in [3.05, 3.63) is 71.6 Å². The second-order valence-corrected chi connectivity index (χ2v) is 4.73. The Hall–Kier alpha value is -3.46. The Kier molecular flexibility index (Phi) is 6.24. The van der Waals surface area contributed by atoms with Crippen LogP contribution in [0, 0.1) is 11.3 Å². The third kappa shape index (κ3) is 5.39. The monoisotopic (exact) mass is 321 g/mol. The number of amides is 1. The van der Waals surface area contributed by atoms with E-state index in [-0.39, 0.29) is 19.1 Å². The summed E-state index contributed by atoms with van der Waals surface area (Å²) in [4.78, 5) is 27.2. The summed E-state index contributed by atoms with van der Waals surface area (Å²) in [6, 6.07) is 12.1. The van der Waals surface area contributed by atoms with Crippen LogP contribution in [0.1, 0.15) is 21.5 Å². The number of pyridine rings is 1. The highest BCUT2D eigenvalue weighted by atomic mass is 16.5. The molecule has 1 amide bonds. The lowest BCUT2D eigenvalue weighted by Crippen LogP contribution is -2.27. The highest BCUT2D eigenvalue weighted by Crippen LogP contribution is 2.06. The molecule has 0 aliphatic heterocycles. The second-order valence-electron chi connectivity index (χ2n) is 4.73.